The van der Waals surface area contributed by atoms with Crippen molar-refractivity contribution in [1.82, 2.24) is 5.32 Å². The Morgan fingerprint density at radius 3 is 1.19 bits per heavy atom. The van der Waals surface area contributed by atoms with Crippen molar-refractivity contribution in [2.45, 2.75) is 321 Å². The van der Waals surface area contributed by atoms with Gasteiger partial charge in [0.1, 0.15) is 0 Å². The van der Waals surface area contributed by atoms with Gasteiger partial charge in [-0.1, -0.05) is 274 Å². The number of amides is 1. The van der Waals surface area contributed by atoms with Gasteiger partial charge in [0.2, 0.25) is 5.91 Å². The van der Waals surface area contributed by atoms with E-state index < -0.39 is 12.1 Å². The highest BCUT2D eigenvalue weighted by atomic mass is 16.5. The van der Waals surface area contributed by atoms with Gasteiger partial charge in [0.15, 0.2) is 0 Å². The molecule has 3 N–H and O–H groups in total. The van der Waals surface area contributed by atoms with Gasteiger partial charge in [0.05, 0.1) is 25.4 Å². The van der Waals surface area contributed by atoms with E-state index in [0.717, 1.165) is 64.2 Å². The lowest BCUT2D eigenvalue weighted by molar-refractivity contribution is -0.143. The molecule has 0 aromatic carbocycles. The molecule has 0 saturated carbocycles. The molecule has 0 bridgehead atoms. The molecule has 0 aliphatic carbocycles. The summed E-state index contributed by atoms with van der Waals surface area (Å²) in [5.74, 6) is -0.146. The number of nitrogens with one attached hydrogen (secondary N) is 1. The largest absolute Gasteiger partial charge is 0.466 e. The smallest absolute Gasteiger partial charge is 0.305 e. The maximum Gasteiger partial charge on any atom is 0.305 e. The van der Waals surface area contributed by atoms with E-state index in [2.05, 4.69) is 61.7 Å². The summed E-state index contributed by atoms with van der Waals surface area (Å²) >= 11 is 0. The van der Waals surface area contributed by atoms with Crippen LogP contribution in [0, 0.1) is 0 Å². The number of aliphatic hydroxyl groups excluding tert-OH is 2. The zero-order chi connectivity index (χ0) is 49.3. The molecule has 0 aliphatic rings. The average molecular weight is 955 g/mol. The molecule has 0 rings (SSSR count). The summed E-state index contributed by atoms with van der Waals surface area (Å²) in [6.45, 7) is 4.85. The van der Waals surface area contributed by atoms with Gasteiger partial charge in [-0.05, 0) is 70.6 Å². The van der Waals surface area contributed by atoms with E-state index in [9.17, 15) is 19.8 Å². The van der Waals surface area contributed by atoms with Crippen molar-refractivity contribution in [3.05, 3.63) is 48.6 Å². The van der Waals surface area contributed by atoms with E-state index in [1.807, 2.05) is 6.08 Å². The van der Waals surface area contributed by atoms with Crippen LogP contribution in [0.4, 0.5) is 0 Å². The fraction of sp³-hybridized carbons (Fsp3) is 0.839. The van der Waals surface area contributed by atoms with Crippen molar-refractivity contribution >= 4 is 11.9 Å². The van der Waals surface area contributed by atoms with Crippen molar-refractivity contribution in [2.24, 2.45) is 0 Å². The molecule has 0 fully saturated rings. The van der Waals surface area contributed by atoms with Gasteiger partial charge in [-0.3, -0.25) is 9.59 Å². The lowest BCUT2D eigenvalue weighted by atomic mass is 10.0. The minimum absolute atomic E-state index is 0.0314. The summed E-state index contributed by atoms with van der Waals surface area (Å²) in [5.41, 5.74) is 0. The van der Waals surface area contributed by atoms with Gasteiger partial charge < -0.3 is 20.3 Å². The number of unbranched alkanes of at least 4 members (excludes halogenated alkanes) is 36. The highest BCUT2D eigenvalue weighted by Crippen LogP contribution is 2.17. The Morgan fingerprint density at radius 1 is 0.412 bits per heavy atom. The summed E-state index contributed by atoms with van der Waals surface area (Å²) in [7, 11) is 0. The predicted octanol–water partition coefficient (Wildman–Crippen LogP) is 18.6. The number of carbonyl (C=O) groups is 2. The number of aliphatic hydroxyl groups is 2. The molecule has 0 radical (unpaired) electrons. The molecule has 68 heavy (non-hydrogen) atoms. The van der Waals surface area contributed by atoms with E-state index in [1.54, 1.807) is 0 Å². The Hall–Kier alpha value is -2.18. The standard InChI is InChI=1S/C62H115NO5/c1-3-5-7-9-11-13-15-17-19-20-21-22-23-24-25-26-27-28-30-34-38-42-46-50-54-60(65)59(58-64)63-61(66)55-51-47-43-39-35-31-29-33-37-41-45-49-53-57-68-62(67)56-52-48-44-40-36-32-18-16-14-12-10-8-6-4-2/h10,12,16,18,31,35,43,47,59-60,64-65H,3-9,11,13-15,17,19-30,32-34,36-42,44-46,48-58H2,1-2H3,(H,63,66)/b12-10-,18-16-,35-31-,47-43-. The van der Waals surface area contributed by atoms with Crippen LogP contribution < -0.4 is 5.32 Å². The summed E-state index contributed by atoms with van der Waals surface area (Å²) in [6.07, 6.45) is 72.6. The SMILES string of the molecule is CCCC/C=C\C/C=C\CCCCCCCC(=O)OCCCCCCCC/C=C\C/C=C\CCC(=O)NC(CO)C(O)CCCCCCCCCCCCCCCCCCCCCCCCCC. The third-order valence-electron chi connectivity index (χ3n) is 13.6. The molecule has 0 aromatic rings. The first-order valence-corrected chi connectivity index (χ1v) is 29.9. The molecule has 6 heteroatoms. The fourth-order valence-corrected chi connectivity index (χ4v) is 9.00. The Bertz CT molecular complexity index is 1150. The van der Waals surface area contributed by atoms with Crippen LogP contribution in [-0.2, 0) is 14.3 Å². The molecule has 398 valence electrons. The van der Waals surface area contributed by atoms with Gasteiger partial charge >= 0.3 is 5.97 Å². The van der Waals surface area contributed by atoms with Gasteiger partial charge in [0.25, 0.3) is 0 Å². The first-order chi connectivity index (χ1) is 33.5. The number of esters is 1. The molecule has 6 nitrogen and oxygen atoms in total. The van der Waals surface area contributed by atoms with E-state index in [0.29, 0.717) is 32.3 Å². The first-order valence-electron chi connectivity index (χ1n) is 29.9. The van der Waals surface area contributed by atoms with Crippen LogP contribution in [-0.4, -0.2) is 47.4 Å². The minimum atomic E-state index is -0.702. The zero-order valence-electron chi connectivity index (χ0n) is 45.3. The van der Waals surface area contributed by atoms with Crippen molar-refractivity contribution in [1.29, 1.82) is 0 Å². The third-order valence-corrected chi connectivity index (χ3v) is 13.6. The van der Waals surface area contributed by atoms with Crippen LogP contribution in [0.1, 0.15) is 309 Å². The van der Waals surface area contributed by atoms with Crippen LogP contribution in [0.3, 0.4) is 0 Å². The monoisotopic (exact) mass is 954 g/mol. The zero-order valence-corrected chi connectivity index (χ0v) is 45.3. The van der Waals surface area contributed by atoms with E-state index in [1.165, 1.54) is 205 Å². The quantitative estimate of drug-likeness (QED) is 0.0321. The van der Waals surface area contributed by atoms with Gasteiger partial charge in [-0.2, -0.15) is 0 Å². The molecule has 2 unspecified atom stereocenters. The van der Waals surface area contributed by atoms with Crippen LogP contribution in [0.15, 0.2) is 48.6 Å². The summed E-state index contributed by atoms with van der Waals surface area (Å²) in [6, 6.07) is -0.588. The number of rotatable bonds is 55. The van der Waals surface area contributed by atoms with Crippen molar-refractivity contribution in [2.75, 3.05) is 13.2 Å². The minimum Gasteiger partial charge on any atom is -0.466 e. The average Bonchev–Trinajstić information content (AvgIpc) is 3.34. The number of carbonyl (C=O) groups excluding carboxylic acids is 2. The van der Waals surface area contributed by atoms with Crippen LogP contribution in [0.2, 0.25) is 0 Å². The second-order valence-electron chi connectivity index (χ2n) is 20.3. The van der Waals surface area contributed by atoms with Crippen molar-refractivity contribution < 1.29 is 24.5 Å². The Balaban J connectivity index is 3.54. The molecule has 0 heterocycles. The highest BCUT2D eigenvalue weighted by Gasteiger charge is 2.19. The normalized spacial score (nSPS) is 12.9. The first kappa shape index (κ1) is 65.8. The second kappa shape index (κ2) is 57.4. The van der Waals surface area contributed by atoms with E-state index in [-0.39, 0.29) is 18.5 Å². The number of ether oxygens (including phenoxy) is 1. The van der Waals surface area contributed by atoms with Crippen molar-refractivity contribution in [3.63, 3.8) is 0 Å². The number of allylic oxidation sites excluding steroid dienone is 8. The lowest BCUT2D eigenvalue weighted by Crippen LogP contribution is -2.45. The summed E-state index contributed by atoms with van der Waals surface area (Å²) in [4.78, 5) is 24.5. The van der Waals surface area contributed by atoms with Crippen LogP contribution >= 0.6 is 0 Å². The lowest BCUT2D eigenvalue weighted by Gasteiger charge is -2.22. The van der Waals surface area contributed by atoms with Crippen molar-refractivity contribution in [3.8, 4) is 0 Å². The predicted molar refractivity (Wildman–Crippen MR) is 296 cm³/mol. The Kier molecular flexibility index (Phi) is 55.6. The molecule has 1 amide bonds. The third kappa shape index (κ3) is 53.2. The van der Waals surface area contributed by atoms with Crippen LogP contribution in [0.5, 0.6) is 0 Å². The topological polar surface area (TPSA) is 95.9 Å². The molecule has 0 aromatic heterocycles. The van der Waals surface area contributed by atoms with Gasteiger partial charge in [0, 0.05) is 12.8 Å². The number of hydrogen-bond donors (Lipinski definition) is 3. The molecular formula is C62H115NO5. The Morgan fingerprint density at radius 2 is 0.765 bits per heavy atom. The summed E-state index contributed by atoms with van der Waals surface area (Å²) in [5, 5.41) is 23.3. The maximum atomic E-state index is 12.5. The van der Waals surface area contributed by atoms with Crippen LogP contribution in [0.25, 0.3) is 0 Å². The summed E-state index contributed by atoms with van der Waals surface area (Å²) < 4.78 is 5.45. The fourth-order valence-electron chi connectivity index (χ4n) is 9.00. The highest BCUT2D eigenvalue weighted by molar-refractivity contribution is 5.76. The molecule has 2 atom stereocenters. The number of hydrogen-bond acceptors (Lipinski definition) is 5. The molecule has 0 aliphatic heterocycles. The maximum absolute atomic E-state index is 12.5. The molecule has 0 saturated heterocycles. The van der Waals surface area contributed by atoms with Gasteiger partial charge in [-0.15, -0.1) is 0 Å². The van der Waals surface area contributed by atoms with E-state index in [4.69, 9.17) is 4.74 Å². The second-order valence-corrected chi connectivity index (χ2v) is 20.3. The molecular weight excluding hydrogens is 839 g/mol. The Labute approximate surface area is 423 Å². The van der Waals surface area contributed by atoms with Gasteiger partial charge in [-0.25, -0.2) is 0 Å². The van der Waals surface area contributed by atoms with E-state index >= 15 is 0 Å². The molecule has 0 spiro atoms.